The minimum absolute atomic E-state index is 0.0598. The Hall–Kier alpha value is -1.06. The van der Waals surface area contributed by atoms with E-state index in [1.807, 2.05) is 4.90 Å². The first kappa shape index (κ1) is 16.3. The van der Waals surface area contributed by atoms with Crippen LogP contribution in [0.3, 0.4) is 0 Å². The first-order valence-corrected chi connectivity index (χ1v) is 8.60. The summed E-state index contributed by atoms with van der Waals surface area (Å²) in [6.07, 6.45) is 5.28. The second-order valence-corrected chi connectivity index (χ2v) is 7.04. The highest BCUT2D eigenvalue weighted by molar-refractivity contribution is 5.97. The zero-order valence-electron chi connectivity index (χ0n) is 13.9. The number of hydrogen-bond acceptors (Lipinski definition) is 2. The summed E-state index contributed by atoms with van der Waals surface area (Å²) in [5.74, 6) is 1.26. The maximum absolute atomic E-state index is 12.8. The summed E-state index contributed by atoms with van der Waals surface area (Å²) in [5, 5.41) is 3.00. The average Bonchev–Trinajstić information content (AvgIpc) is 3.26. The van der Waals surface area contributed by atoms with Gasteiger partial charge in [0.25, 0.3) is 0 Å². The van der Waals surface area contributed by atoms with Crippen molar-refractivity contribution < 1.29 is 9.59 Å². The van der Waals surface area contributed by atoms with Crippen LogP contribution in [-0.4, -0.2) is 35.3 Å². The van der Waals surface area contributed by atoms with E-state index in [9.17, 15) is 9.59 Å². The van der Waals surface area contributed by atoms with E-state index in [0.29, 0.717) is 11.8 Å². The van der Waals surface area contributed by atoms with Crippen molar-refractivity contribution in [3.8, 4) is 0 Å². The molecule has 1 heterocycles. The van der Waals surface area contributed by atoms with Crippen LogP contribution < -0.4 is 5.32 Å². The molecule has 0 aromatic heterocycles. The summed E-state index contributed by atoms with van der Waals surface area (Å²) in [5.41, 5.74) is 0. The molecular weight excluding hydrogens is 264 g/mol. The largest absolute Gasteiger partial charge is 0.342 e. The standard InChI is InChI=1S/C17H30N2O2/c1-5-7-11(3)10-19-15(12(4)6-2)16(20)18-14(17(19)21)13-8-9-13/h11-15H,5-10H2,1-4H3,(H,18,20). The van der Waals surface area contributed by atoms with E-state index in [0.717, 1.165) is 38.6 Å². The maximum Gasteiger partial charge on any atom is 0.246 e. The molecule has 4 heteroatoms. The molecule has 1 aliphatic carbocycles. The Morgan fingerprint density at radius 3 is 2.43 bits per heavy atom. The number of amides is 2. The minimum Gasteiger partial charge on any atom is -0.342 e. The quantitative estimate of drug-likeness (QED) is 0.784. The number of nitrogens with zero attached hydrogens (tertiary/aromatic N) is 1. The van der Waals surface area contributed by atoms with Crippen LogP contribution in [0.25, 0.3) is 0 Å². The Morgan fingerprint density at radius 2 is 1.90 bits per heavy atom. The average molecular weight is 294 g/mol. The molecule has 2 aliphatic rings. The Morgan fingerprint density at radius 1 is 1.24 bits per heavy atom. The monoisotopic (exact) mass is 294 g/mol. The fourth-order valence-corrected chi connectivity index (χ4v) is 3.42. The van der Waals surface area contributed by atoms with Gasteiger partial charge < -0.3 is 10.2 Å². The normalized spacial score (nSPS) is 29.2. The van der Waals surface area contributed by atoms with Crippen molar-refractivity contribution >= 4 is 11.8 Å². The van der Waals surface area contributed by atoms with Gasteiger partial charge in [0.15, 0.2) is 0 Å². The Kier molecular flexibility index (Phi) is 5.28. The van der Waals surface area contributed by atoms with Gasteiger partial charge in [-0.1, -0.05) is 40.5 Å². The van der Waals surface area contributed by atoms with Gasteiger partial charge in [-0.2, -0.15) is 0 Å². The molecule has 21 heavy (non-hydrogen) atoms. The fraction of sp³-hybridized carbons (Fsp3) is 0.882. The number of carbonyl (C=O) groups is 2. The molecule has 120 valence electrons. The Labute approximate surface area is 128 Å². The second kappa shape index (κ2) is 6.80. The first-order chi connectivity index (χ1) is 9.99. The summed E-state index contributed by atoms with van der Waals surface area (Å²) in [4.78, 5) is 27.3. The molecule has 0 bridgehead atoms. The van der Waals surface area contributed by atoms with Crippen molar-refractivity contribution in [1.82, 2.24) is 10.2 Å². The van der Waals surface area contributed by atoms with Crippen molar-refractivity contribution in [3.63, 3.8) is 0 Å². The molecule has 0 radical (unpaired) electrons. The van der Waals surface area contributed by atoms with Crippen molar-refractivity contribution in [2.75, 3.05) is 6.54 Å². The number of hydrogen-bond donors (Lipinski definition) is 1. The topological polar surface area (TPSA) is 49.4 Å². The van der Waals surface area contributed by atoms with Gasteiger partial charge in [-0.25, -0.2) is 0 Å². The molecule has 4 atom stereocenters. The molecule has 4 nitrogen and oxygen atoms in total. The summed E-state index contributed by atoms with van der Waals surface area (Å²) in [6.45, 7) is 9.23. The Bertz CT molecular complexity index is 392. The lowest BCUT2D eigenvalue weighted by Crippen LogP contribution is -2.66. The molecule has 1 saturated carbocycles. The third-order valence-corrected chi connectivity index (χ3v) is 5.02. The van der Waals surface area contributed by atoms with Gasteiger partial charge in [0, 0.05) is 6.54 Å². The van der Waals surface area contributed by atoms with Crippen molar-refractivity contribution in [2.24, 2.45) is 17.8 Å². The summed E-state index contributed by atoms with van der Waals surface area (Å²) >= 11 is 0. The molecule has 2 amide bonds. The van der Waals surface area contributed by atoms with E-state index in [4.69, 9.17) is 0 Å². The van der Waals surface area contributed by atoms with Crippen molar-refractivity contribution in [2.45, 2.75) is 71.9 Å². The predicted molar refractivity (Wildman–Crippen MR) is 83.7 cm³/mol. The zero-order chi connectivity index (χ0) is 15.6. The number of piperazine rings is 1. The van der Waals surface area contributed by atoms with Crippen LogP contribution in [0.1, 0.15) is 59.8 Å². The van der Waals surface area contributed by atoms with Crippen molar-refractivity contribution in [1.29, 1.82) is 0 Å². The van der Waals surface area contributed by atoms with Crippen molar-refractivity contribution in [3.05, 3.63) is 0 Å². The van der Waals surface area contributed by atoms with Gasteiger partial charge in [-0.15, -0.1) is 0 Å². The number of carbonyl (C=O) groups excluding carboxylic acids is 2. The smallest absolute Gasteiger partial charge is 0.246 e. The number of rotatable bonds is 7. The first-order valence-electron chi connectivity index (χ1n) is 8.60. The van der Waals surface area contributed by atoms with E-state index in [1.54, 1.807) is 0 Å². The van der Waals surface area contributed by atoms with Crippen LogP contribution in [-0.2, 0) is 9.59 Å². The molecule has 1 saturated heterocycles. The van der Waals surface area contributed by atoms with Crippen LogP contribution in [0.4, 0.5) is 0 Å². The molecular formula is C17H30N2O2. The molecule has 0 aromatic rings. The van der Waals surface area contributed by atoms with Crippen LogP contribution in [0.5, 0.6) is 0 Å². The van der Waals surface area contributed by atoms with E-state index in [2.05, 4.69) is 33.0 Å². The third-order valence-electron chi connectivity index (χ3n) is 5.02. The highest BCUT2D eigenvalue weighted by atomic mass is 16.2. The van der Waals surface area contributed by atoms with E-state index in [1.165, 1.54) is 0 Å². The van der Waals surface area contributed by atoms with Gasteiger partial charge >= 0.3 is 0 Å². The number of nitrogens with one attached hydrogen (secondary N) is 1. The van der Waals surface area contributed by atoms with Gasteiger partial charge in [0.2, 0.25) is 11.8 Å². The summed E-state index contributed by atoms with van der Waals surface area (Å²) in [6, 6.07) is -0.538. The molecule has 1 N–H and O–H groups in total. The molecule has 0 aromatic carbocycles. The lowest BCUT2D eigenvalue weighted by molar-refractivity contribution is -0.152. The maximum atomic E-state index is 12.8. The lowest BCUT2D eigenvalue weighted by atomic mass is 9.91. The molecule has 2 fully saturated rings. The minimum atomic E-state index is -0.281. The molecule has 2 rings (SSSR count). The van der Waals surface area contributed by atoms with Crippen LogP contribution in [0.15, 0.2) is 0 Å². The van der Waals surface area contributed by atoms with E-state index in [-0.39, 0.29) is 29.8 Å². The lowest BCUT2D eigenvalue weighted by Gasteiger charge is -2.42. The SMILES string of the molecule is CCCC(C)CN1C(=O)C(C2CC2)NC(=O)C1C(C)CC. The van der Waals surface area contributed by atoms with Gasteiger partial charge in [-0.3, -0.25) is 9.59 Å². The summed E-state index contributed by atoms with van der Waals surface area (Å²) in [7, 11) is 0. The van der Waals surface area contributed by atoms with Gasteiger partial charge in [0.05, 0.1) is 0 Å². The highest BCUT2D eigenvalue weighted by Gasteiger charge is 2.48. The van der Waals surface area contributed by atoms with E-state index < -0.39 is 0 Å². The van der Waals surface area contributed by atoms with Gasteiger partial charge in [0.1, 0.15) is 12.1 Å². The Balaban J connectivity index is 2.17. The van der Waals surface area contributed by atoms with Crippen LogP contribution >= 0.6 is 0 Å². The fourth-order valence-electron chi connectivity index (χ4n) is 3.42. The van der Waals surface area contributed by atoms with Crippen LogP contribution in [0, 0.1) is 17.8 Å². The van der Waals surface area contributed by atoms with Crippen LogP contribution in [0.2, 0.25) is 0 Å². The zero-order valence-corrected chi connectivity index (χ0v) is 13.9. The second-order valence-electron chi connectivity index (χ2n) is 7.04. The molecule has 1 aliphatic heterocycles. The van der Waals surface area contributed by atoms with E-state index >= 15 is 0 Å². The third kappa shape index (κ3) is 3.58. The highest BCUT2D eigenvalue weighted by Crippen LogP contribution is 2.36. The van der Waals surface area contributed by atoms with Gasteiger partial charge in [-0.05, 0) is 37.0 Å². The predicted octanol–water partition coefficient (Wildman–Crippen LogP) is 2.57. The molecule has 0 spiro atoms. The molecule has 4 unspecified atom stereocenters. The summed E-state index contributed by atoms with van der Waals surface area (Å²) < 4.78 is 0.